The minimum Gasteiger partial charge on any atom is -0.494 e. The van der Waals surface area contributed by atoms with E-state index in [2.05, 4.69) is 15.8 Å². The second-order valence-corrected chi connectivity index (χ2v) is 5.48. The Kier molecular flexibility index (Phi) is 7.84. The van der Waals surface area contributed by atoms with Gasteiger partial charge < -0.3 is 14.8 Å². The Balaban J connectivity index is 1.76. The number of amides is 2. The molecule has 0 fully saturated rings. The van der Waals surface area contributed by atoms with Crippen molar-refractivity contribution in [3.8, 4) is 11.5 Å². The summed E-state index contributed by atoms with van der Waals surface area (Å²) in [6.07, 6.45) is 1.17. The third-order valence-electron chi connectivity index (χ3n) is 3.36. The van der Waals surface area contributed by atoms with Gasteiger partial charge in [0.25, 0.3) is 0 Å². The first-order valence-electron chi connectivity index (χ1n) is 8.68. The lowest BCUT2D eigenvalue weighted by Gasteiger charge is -2.06. The number of nitrogens with one attached hydrogen (secondary N) is 2. The quantitative estimate of drug-likeness (QED) is 0.404. The van der Waals surface area contributed by atoms with Crippen molar-refractivity contribution in [2.75, 3.05) is 18.5 Å². The maximum absolute atomic E-state index is 11.9. The zero-order valence-electron chi connectivity index (χ0n) is 15.4. The highest BCUT2D eigenvalue weighted by atomic mass is 16.5. The van der Waals surface area contributed by atoms with Gasteiger partial charge in [-0.05, 0) is 67.9 Å². The number of nitrogens with zero attached hydrogens (tertiary/aromatic N) is 1. The van der Waals surface area contributed by atoms with Crippen LogP contribution in [0.2, 0.25) is 0 Å². The molecule has 0 atom stereocenters. The van der Waals surface area contributed by atoms with Gasteiger partial charge in [0, 0.05) is 5.69 Å². The average molecular weight is 369 g/mol. The third-order valence-corrected chi connectivity index (χ3v) is 3.36. The zero-order valence-corrected chi connectivity index (χ0v) is 15.4. The molecule has 0 aliphatic carbocycles. The van der Waals surface area contributed by atoms with Crippen LogP contribution < -0.4 is 20.2 Å². The Morgan fingerprint density at radius 2 is 1.44 bits per heavy atom. The average Bonchev–Trinajstić information content (AvgIpc) is 2.65. The van der Waals surface area contributed by atoms with E-state index in [9.17, 15) is 9.59 Å². The van der Waals surface area contributed by atoms with Crippen molar-refractivity contribution in [3.63, 3.8) is 0 Å². The number of rotatable bonds is 9. The number of ether oxygens (including phenoxy) is 2. The van der Waals surface area contributed by atoms with Gasteiger partial charge >= 0.3 is 0 Å². The highest BCUT2D eigenvalue weighted by molar-refractivity contribution is 6.03. The largest absolute Gasteiger partial charge is 0.494 e. The summed E-state index contributed by atoms with van der Waals surface area (Å²) in [5.41, 5.74) is 3.73. The van der Waals surface area contributed by atoms with Crippen LogP contribution in [0.4, 0.5) is 5.69 Å². The number of benzene rings is 2. The van der Waals surface area contributed by atoms with Crippen molar-refractivity contribution < 1.29 is 19.1 Å². The lowest BCUT2D eigenvalue weighted by molar-refractivity contribution is -0.126. The van der Waals surface area contributed by atoms with Gasteiger partial charge in [0.2, 0.25) is 11.8 Å². The minimum atomic E-state index is -0.499. The molecule has 7 nitrogen and oxygen atoms in total. The van der Waals surface area contributed by atoms with Gasteiger partial charge in [0.05, 0.1) is 19.4 Å². The molecule has 0 saturated heterocycles. The summed E-state index contributed by atoms with van der Waals surface area (Å²) in [7, 11) is 0. The molecule has 2 aromatic carbocycles. The van der Waals surface area contributed by atoms with Crippen LogP contribution in [0.3, 0.4) is 0 Å². The van der Waals surface area contributed by atoms with Crippen LogP contribution >= 0.6 is 0 Å². The van der Waals surface area contributed by atoms with Crippen molar-refractivity contribution in [2.45, 2.75) is 20.3 Å². The Labute approximate surface area is 158 Å². The number of hydrogen-bond donors (Lipinski definition) is 2. The van der Waals surface area contributed by atoms with Crippen LogP contribution in [0.25, 0.3) is 0 Å². The number of anilines is 1. The maximum Gasteiger partial charge on any atom is 0.249 e. The third kappa shape index (κ3) is 7.19. The highest BCUT2D eigenvalue weighted by Gasteiger charge is 2.09. The van der Waals surface area contributed by atoms with E-state index < -0.39 is 11.8 Å². The maximum atomic E-state index is 11.9. The molecule has 142 valence electrons. The van der Waals surface area contributed by atoms with Crippen LogP contribution in [0, 0.1) is 0 Å². The predicted molar refractivity (Wildman–Crippen MR) is 104 cm³/mol. The molecule has 0 aliphatic rings. The first-order chi connectivity index (χ1) is 13.1. The lowest BCUT2D eigenvalue weighted by atomic mass is 10.2. The molecule has 2 N–H and O–H groups in total. The van der Waals surface area contributed by atoms with Gasteiger partial charge in [0.1, 0.15) is 17.9 Å². The zero-order chi connectivity index (χ0) is 19.5. The van der Waals surface area contributed by atoms with Crippen molar-refractivity contribution >= 4 is 23.7 Å². The molecule has 0 bridgehead atoms. The van der Waals surface area contributed by atoms with Crippen molar-refractivity contribution in [3.05, 3.63) is 54.1 Å². The van der Waals surface area contributed by atoms with Gasteiger partial charge in [-0.1, -0.05) is 0 Å². The molecule has 0 aliphatic heterocycles. The summed E-state index contributed by atoms with van der Waals surface area (Å²) in [5, 5.41) is 6.49. The topological polar surface area (TPSA) is 89.0 Å². The fourth-order valence-corrected chi connectivity index (χ4v) is 2.19. The SMILES string of the molecule is CCOc1ccc(C=NNC(=O)CC(=O)Nc2ccc(OCC)cc2)cc1. The van der Waals surface area contributed by atoms with Crippen LogP contribution in [-0.2, 0) is 9.59 Å². The smallest absolute Gasteiger partial charge is 0.249 e. The highest BCUT2D eigenvalue weighted by Crippen LogP contribution is 2.15. The van der Waals surface area contributed by atoms with Gasteiger partial charge in [-0.2, -0.15) is 5.10 Å². The minimum absolute atomic E-state index is 0.326. The fourth-order valence-electron chi connectivity index (χ4n) is 2.19. The monoisotopic (exact) mass is 369 g/mol. The standard InChI is InChI=1S/C20H23N3O4/c1-3-26-17-9-5-15(6-10-17)14-21-23-20(25)13-19(24)22-16-7-11-18(12-8-16)27-4-2/h5-12,14H,3-4,13H2,1-2H3,(H,22,24)(H,23,25). The van der Waals surface area contributed by atoms with E-state index in [1.165, 1.54) is 6.21 Å². The molecule has 0 radical (unpaired) electrons. The molecule has 0 spiro atoms. The van der Waals surface area contributed by atoms with Gasteiger partial charge in [-0.15, -0.1) is 0 Å². The molecule has 2 amide bonds. The Morgan fingerprint density at radius 3 is 2.00 bits per heavy atom. The van der Waals surface area contributed by atoms with E-state index in [1.807, 2.05) is 38.1 Å². The van der Waals surface area contributed by atoms with E-state index in [0.29, 0.717) is 18.9 Å². The van der Waals surface area contributed by atoms with Gasteiger partial charge in [-0.25, -0.2) is 5.43 Å². The summed E-state index contributed by atoms with van der Waals surface area (Å²) < 4.78 is 10.7. The summed E-state index contributed by atoms with van der Waals surface area (Å²) in [4.78, 5) is 23.7. The van der Waals surface area contributed by atoms with Crippen LogP contribution in [0.1, 0.15) is 25.8 Å². The van der Waals surface area contributed by atoms with Crippen molar-refractivity contribution in [1.29, 1.82) is 0 Å². The van der Waals surface area contributed by atoms with Gasteiger partial charge in [-0.3, -0.25) is 9.59 Å². The van der Waals surface area contributed by atoms with Crippen LogP contribution in [0.5, 0.6) is 11.5 Å². The fraction of sp³-hybridized carbons (Fsp3) is 0.250. The van der Waals surface area contributed by atoms with Gasteiger partial charge in [0.15, 0.2) is 0 Å². The molecule has 0 aromatic heterocycles. The number of carbonyl (C=O) groups excluding carboxylic acids is 2. The Bertz CT molecular complexity index is 771. The van der Waals surface area contributed by atoms with E-state index in [-0.39, 0.29) is 6.42 Å². The van der Waals surface area contributed by atoms with E-state index in [4.69, 9.17) is 9.47 Å². The predicted octanol–water partition coefficient (Wildman–Crippen LogP) is 2.96. The van der Waals surface area contributed by atoms with E-state index >= 15 is 0 Å². The Hall–Kier alpha value is -3.35. The summed E-state index contributed by atoms with van der Waals surface area (Å²) >= 11 is 0. The van der Waals surface area contributed by atoms with Crippen LogP contribution in [-0.4, -0.2) is 31.2 Å². The number of hydrazone groups is 1. The Morgan fingerprint density at radius 1 is 0.889 bits per heavy atom. The second-order valence-electron chi connectivity index (χ2n) is 5.48. The molecular formula is C20H23N3O4. The molecular weight excluding hydrogens is 346 g/mol. The summed E-state index contributed by atoms with van der Waals surface area (Å²) in [5.74, 6) is 0.565. The molecule has 0 heterocycles. The molecule has 7 heteroatoms. The molecule has 0 saturated carbocycles. The first-order valence-corrected chi connectivity index (χ1v) is 8.68. The van der Waals surface area contributed by atoms with Crippen molar-refractivity contribution in [2.24, 2.45) is 5.10 Å². The summed E-state index contributed by atoms with van der Waals surface area (Å²) in [6.45, 7) is 4.98. The van der Waals surface area contributed by atoms with E-state index in [1.54, 1.807) is 24.3 Å². The summed E-state index contributed by atoms with van der Waals surface area (Å²) in [6, 6.07) is 14.2. The number of carbonyl (C=O) groups is 2. The second kappa shape index (κ2) is 10.6. The molecule has 27 heavy (non-hydrogen) atoms. The molecule has 2 aromatic rings. The first kappa shape index (κ1) is 20.0. The normalized spacial score (nSPS) is 10.4. The number of hydrogen-bond acceptors (Lipinski definition) is 5. The lowest BCUT2D eigenvalue weighted by Crippen LogP contribution is -2.24. The molecule has 0 unspecified atom stereocenters. The molecule has 2 rings (SSSR count). The van der Waals surface area contributed by atoms with Crippen molar-refractivity contribution in [1.82, 2.24) is 5.43 Å². The van der Waals surface area contributed by atoms with E-state index in [0.717, 1.165) is 17.1 Å². The van der Waals surface area contributed by atoms with Crippen LogP contribution in [0.15, 0.2) is 53.6 Å².